The summed E-state index contributed by atoms with van der Waals surface area (Å²) in [5.74, 6) is 0.0835. The predicted octanol–water partition coefficient (Wildman–Crippen LogP) is -0.119. The Kier molecular flexibility index (Phi) is 2.72. The van der Waals surface area contributed by atoms with Crippen molar-refractivity contribution in [2.45, 2.75) is 18.9 Å². The molecule has 1 aromatic rings. The van der Waals surface area contributed by atoms with Gasteiger partial charge in [-0.15, -0.1) is 0 Å². The zero-order valence-corrected chi connectivity index (χ0v) is 8.56. The minimum Gasteiger partial charge on any atom is -0.384 e. The highest BCUT2D eigenvalue weighted by Crippen LogP contribution is 2.11. The number of nitrogen functional groups attached to an aromatic ring is 1. The Bertz CT molecular complexity index is 415. The molecule has 0 spiro atoms. The van der Waals surface area contributed by atoms with Crippen LogP contribution in [-0.2, 0) is 9.59 Å². The van der Waals surface area contributed by atoms with E-state index in [1.54, 1.807) is 12.1 Å². The Labute approximate surface area is 92.2 Å². The summed E-state index contributed by atoms with van der Waals surface area (Å²) < 4.78 is 0. The average molecular weight is 220 g/mol. The summed E-state index contributed by atoms with van der Waals surface area (Å²) in [6, 6.07) is 2.82. The van der Waals surface area contributed by atoms with Crippen molar-refractivity contribution in [3.8, 4) is 0 Å². The Morgan fingerprint density at radius 3 is 2.94 bits per heavy atom. The van der Waals surface area contributed by atoms with Crippen molar-refractivity contribution in [2.24, 2.45) is 0 Å². The molecule has 0 aliphatic carbocycles. The molecule has 6 heteroatoms. The maximum Gasteiger partial charge on any atom is 0.247 e. The van der Waals surface area contributed by atoms with Gasteiger partial charge in [-0.1, -0.05) is 0 Å². The SMILES string of the molecule is Nc1ccc(NC(=O)[C@@H]2CCC(=O)N2)cn1. The number of anilines is 2. The van der Waals surface area contributed by atoms with Crippen LogP contribution in [0.4, 0.5) is 11.5 Å². The number of nitrogens with zero attached hydrogens (tertiary/aromatic N) is 1. The summed E-state index contributed by atoms with van der Waals surface area (Å²) in [5, 5.41) is 5.25. The average Bonchev–Trinajstić information content (AvgIpc) is 2.68. The summed E-state index contributed by atoms with van der Waals surface area (Å²) in [5.41, 5.74) is 5.99. The number of hydrogen-bond acceptors (Lipinski definition) is 4. The molecule has 1 aliphatic heterocycles. The van der Waals surface area contributed by atoms with E-state index in [0.717, 1.165) is 0 Å². The fourth-order valence-electron chi connectivity index (χ4n) is 1.52. The van der Waals surface area contributed by atoms with Gasteiger partial charge in [0.2, 0.25) is 11.8 Å². The quantitative estimate of drug-likeness (QED) is 0.647. The third-order valence-electron chi connectivity index (χ3n) is 2.37. The topological polar surface area (TPSA) is 97.1 Å². The van der Waals surface area contributed by atoms with Gasteiger partial charge in [-0.3, -0.25) is 9.59 Å². The van der Waals surface area contributed by atoms with E-state index in [4.69, 9.17) is 5.73 Å². The summed E-state index contributed by atoms with van der Waals surface area (Å²) in [4.78, 5) is 26.4. The molecule has 1 saturated heterocycles. The first-order valence-electron chi connectivity index (χ1n) is 4.97. The van der Waals surface area contributed by atoms with Crippen molar-refractivity contribution in [1.82, 2.24) is 10.3 Å². The number of nitrogens with one attached hydrogen (secondary N) is 2. The number of rotatable bonds is 2. The number of amides is 2. The van der Waals surface area contributed by atoms with Gasteiger partial charge < -0.3 is 16.4 Å². The summed E-state index contributed by atoms with van der Waals surface area (Å²) in [6.45, 7) is 0. The maximum atomic E-state index is 11.7. The molecule has 16 heavy (non-hydrogen) atoms. The number of nitrogens with two attached hydrogens (primary N) is 1. The van der Waals surface area contributed by atoms with Crippen LogP contribution in [0.2, 0.25) is 0 Å². The van der Waals surface area contributed by atoms with Crippen molar-refractivity contribution in [3.63, 3.8) is 0 Å². The summed E-state index contributed by atoms with van der Waals surface area (Å²) >= 11 is 0. The normalized spacial score (nSPS) is 19.2. The second-order valence-corrected chi connectivity index (χ2v) is 3.62. The largest absolute Gasteiger partial charge is 0.384 e. The van der Waals surface area contributed by atoms with E-state index in [1.165, 1.54) is 6.20 Å². The maximum absolute atomic E-state index is 11.7. The molecule has 0 aromatic carbocycles. The van der Waals surface area contributed by atoms with Crippen LogP contribution in [0, 0.1) is 0 Å². The number of hydrogen-bond donors (Lipinski definition) is 3. The molecule has 1 aromatic heterocycles. The van der Waals surface area contributed by atoms with E-state index >= 15 is 0 Å². The minimum absolute atomic E-state index is 0.0874. The van der Waals surface area contributed by atoms with Gasteiger partial charge in [0.25, 0.3) is 0 Å². The molecule has 1 atom stereocenters. The molecule has 0 saturated carbocycles. The lowest BCUT2D eigenvalue weighted by atomic mass is 10.2. The monoisotopic (exact) mass is 220 g/mol. The van der Waals surface area contributed by atoms with Crippen LogP contribution < -0.4 is 16.4 Å². The van der Waals surface area contributed by atoms with Gasteiger partial charge in [0.15, 0.2) is 0 Å². The molecule has 2 amide bonds. The fourth-order valence-corrected chi connectivity index (χ4v) is 1.52. The fraction of sp³-hybridized carbons (Fsp3) is 0.300. The molecule has 1 fully saturated rings. The Hall–Kier alpha value is -2.11. The molecule has 84 valence electrons. The summed E-state index contributed by atoms with van der Waals surface area (Å²) in [7, 11) is 0. The Morgan fingerprint density at radius 1 is 1.56 bits per heavy atom. The first-order chi connectivity index (χ1) is 7.65. The van der Waals surface area contributed by atoms with E-state index in [0.29, 0.717) is 24.3 Å². The molecule has 2 rings (SSSR count). The molecular formula is C10H12N4O2. The third-order valence-corrected chi connectivity index (χ3v) is 2.37. The molecule has 2 heterocycles. The number of aromatic nitrogens is 1. The molecule has 1 aliphatic rings. The van der Waals surface area contributed by atoms with Crippen molar-refractivity contribution >= 4 is 23.3 Å². The van der Waals surface area contributed by atoms with Gasteiger partial charge in [-0.25, -0.2) is 4.98 Å². The molecule has 0 radical (unpaired) electrons. The van der Waals surface area contributed by atoms with Gasteiger partial charge in [0.05, 0.1) is 11.9 Å². The first kappa shape index (κ1) is 10.4. The van der Waals surface area contributed by atoms with Crippen LogP contribution in [-0.4, -0.2) is 22.8 Å². The van der Waals surface area contributed by atoms with E-state index in [1.807, 2.05) is 0 Å². The Balaban J connectivity index is 1.97. The highest BCUT2D eigenvalue weighted by molar-refractivity contribution is 5.98. The van der Waals surface area contributed by atoms with Crippen LogP contribution >= 0.6 is 0 Å². The van der Waals surface area contributed by atoms with E-state index in [9.17, 15) is 9.59 Å². The lowest BCUT2D eigenvalue weighted by Gasteiger charge is -2.10. The van der Waals surface area contributed by atoms with Crippen LogP contribution in [0.25, 0.3) is 0 Å². The predicted molar refractivity (Wildman–Crippen MR) is 58.4 cm³/mol. The summed E-state index contributed by atoms with van der Waals surface area (Å²) in [6.07, 6.45) is 2.41. The van der Waals surface area contributed by atoms with Gasteiger partial charge >= 0.3 is 0 Å². The molecule has 0 bridgehead atoms. The molecule has 6 nitrogen and oxygen atoms in total. The highest BCUT2D eigenvalue weighted by atomic mass is 16.2. The van der Waals surface area contributed by atoms with Crippen molar-refractivity contribution in [2.75, 3.05) is 11.1 Å². The lowest BCUT2D eigenvalue weighted by Crippen LogP contribution is -2.37. The molecular weight excluding hydrogens is 208 g/mol. The van der Waals surface area contributed by atoms with E-state index in [-0.39, 0.29) is 11.8 Å². The smallest absolute Gasteiger partial charge is 0.247 e. The van der Waals surface area contributed by atoms with Crippen molar-refractivity contribution in [1.29, 1.82) is 0 Å². The Morgan fingerprint density at radius 2 is 2.38 bits per heavy atom. The van der Waals surface area contributed by atoms with Crippen molar-refractivity contribution < 1.29 is 9.59 Å². The van der Waals surface area contributed by atoms with E-state index < -0.39 is 6.04 Å². The third kappa shape index (κ3) is 2.28. The van der Waals surface area contributed by atoms with Gasteiger partial charge in [0, 0.05) is 6.42 Å². The van der Waals surface area contributed by atoms with Crippen LogP contribution in [0.15, 0.2) is 18.3 Å². The van der Waals surface area contributed by atoms with Gasteiger partial charge in [0.1, 0.15) is 11.9 Å². The van der Waals surface area contributed by atoms with E-state index in [2.05, 4.69) is 15.6 Å². The number of carbonyl (C=O) groups is 2. The standard InChI is InChI=1S/C10H12N4O2/c11-8-3-1-6(5-12-8)13-10(16)7-2-4-9(15)14-7/h1,3,5,7H,2,4H2,(H2,11,12)(H,13,16)(H,14,15)/t7-/m0/s1. The van der Waals surface area contributed by atoms with Crippen LogP contribution in [0.1, 0.15) is 12.8 Å². The highest BCUT2D eigenvalue weighted by Gasteiger charge is 2.26. The second-order valence-electron chi connectivity index (χ2n) is 3.62. The van der Waals surface area contributed by atoms with Crippen LogP contribution in [0.5, 0.6) is 0 Å². The molecule has 4 N–H and O–H groups in total. The van der Waals surface area contributed by atoms with Gasteiger partial charge in [-0.05, 0) is 18.6 Å². The number of pyridine rings is 1. The first-order valence-corrected chi connectivity index (χ1v) is 4.97. The lowest BCUT2D eigenvalue weighted by molar-refractivity contribution is -0.122. The number of carbonyl (C=O) groups excluding carboxylic acids is 2. The minimum atomic E-state index is -0.440. The van der Waals surface area contributed by atoms with Crippen LogP contribution in [0.3, 0.4) is 0 Å². The second kappa shape index (κ2) is 4.18. The zero-order valence-electron chi connectivity index (χ0n) is 8.56. The van der Waals surface area contributed by atoms with Crippen molar-refractivity contribution in [3.05, 3.63) is 18.3 Å². The zero-order chi connectivity index (χ0) is 11.5. The molecule has 0 unspecified atom stereocenters. The van der Waals surface area contributed by atoms with Gasteiger partial charge in [-0.2, -0.15) is 0 Å².